The normalized spacial score (nSPS) is 12.0. The summed E-state index contributed by atoms with van der Waals surface area (Å²) < 4.78 is 4.82. The zero-order valence-corrected chi connectivity index (χ0v) is 12.1. The summed E-state index contributed by atoms with van der Waals surface area (Å²) in [4.78, 5) is 23.0. The third-order valence-electron chi connectivity index (χ3n) is 3.05. The van der Waals surface area contributed by atoms with Crippen LogP contribution in [0.25, 0.3) is 0 Å². The Labute approximate surface area is 121 Å². The minimum absolute atomic E-state index is 0.115. The van der Waals surface area contributed by atoms with Gasteiger partial charge in [-0.15, -0.1) is 0 Å². The van der Waals surface area contributed by atoms with Gasteiger partial charge in [-0.3, -0.25) is 10.1 Å². The van der Waals surface area contributed by atoms with Crippen LogP contribution in [-0.4, -0.2) is 54.5 Å². The van der Waals surface area contributed by atoms with Crippen LogP contribution in [0.5, 0.6) is 0 Å². The van der Waals surface area contributed by atoms with E-state index in [4.69, 9.17) is 9.84 Å². The number of benzene rings is 1. The maximum Gasteiger partial charge on any atom is 0.336 e. The first kappa shape index (κ1) is 16.9. The van der Waals surface area contributed by atoms with Crippen molar-refractivity contribution in [3.63, 3.8) is 0 Å². The molecule has 0 heterocycles. The molecule has 0 aliphatic carbocycles. The van der Waals surface area contributed by atoms with E-state index in [-0.39, 0.29) is 24.4 Å². The molecular weight excluding hydrogens is 280 g/mol. The Morgan fingerprint density at radius 2 is 2.14 bits per heavy atom. The molecule has 1 aromatic carbocycles. The highest BCUT2D eigenvalue weighted by molar-refractivity contribution is 5.90. The Kier molecular flexibility index (Phi) is 5.62. The van der Waals surface area contributed by atoms with Gasteiger partial charge in [0.1, 0.15) is 0 Å². The van der Waals surface area contributed by atoms with Crippen molar-refractivity contribution in [2.75, 3.05) is 32.2 Å². The topological polar surface area (TPSA) is 113 Å². The summed E-state index contributed by atoms with van der Waals surface area (Å²) in [6, 6.07) is 2.38. The number of nitrogens with zero attached hydrogens (tertiary/aromatic N) is 2. The molecule has 116 valence electrons. The van der Waals surface area contributed by atoms with Crippen LogP contribution in [0.2, 0.25) is 0 Å². The molecule has 0 bridgehead atoms. The summed E-state index contributed by atoms with van der Waals surface area (Å²) in [5, 5.41) is 29.8. The summed E-state index contributed by atoms with van der Waals surface area (Å²) in [5.74, 6) is -1.25. The molecule has 0 fully saturated rings. The minimum Gasteiger partial charge on any atom is -0.478 e. The minimum atomic E-state index is -1.25. The van der Waals surface area contributed by atoms with Gasteiger partial charge in [-0.2, -0.15) is 0 Å². The molecule has 2 N–H and O–H groups in total. The number of nitro benzene ring substituents is 1. The number of carbonyl (C=O) groups is 1. The monoisotopic (exact) mass is 298 g/mol. The van der Waals surface area contributed by atoms with Crippen LogP contribution in [0.3, 0.4) is 0 Å². The molecule has 0 spiro atoms. The molecule has 0 aromatic heterocycles. The van der Waals surface area contributed by atoms with Crippen molar-refractivity contribution >= 4 is 17.3 Å². The first-order valence-corrected chi connectivity index (χ1v) is 6.18. The van der Waals surface area contributed by atoms with E-state index in [0.29, 0.717) is 11.3 Å². The van der Waals surface area contributed by atoms with Crippen molar-refractivity contribution in [3.05, 3.63) is 33.4 Å². The molecule has 8 heteroatoms. The number of carboxylic acids is 1. The smallest absolute Gasteiger partial charge is 0.336 e. The van der Waals surface area contributed by atoms with Gasteiger partial charge in [0.15, 0.2) is 0 Å². The van der Waals surface area contributed by atoms with E-state index in [9.17, 15) is 20.0 Å². The molecule has 0 saturated heterocycles. The quantitative estimate of drug-likeness (QED) is 0.571. The highest BCUT2D eigenvalue weighted by Crippen LogP contribution is 2.30. The van der Waals surface area contributed by atoms with Crippen LogP contribution in [0, 0.1) is 17.0 Å². The van der Waals surface area contributed by atoms with Crippen molar-refractivity contribution < 1.29 is 24.7 Å². The number of aromatic carboxylic acids is 1. The molecule has 1 atom stereocenters. The van der Waals surface area contributed by atoms with E-state index in [2.05, 4.69) is 0 Å². The van der Waals surface area contributed by atoms with E-state index in [0.717, 1.165) is 6.07 Å². The first-order valence-electron chi connectivity index (χ1n) is 6.18. The number of hydrogen-bond donors (Lipinski definition) is 2. The molecule has 0 aliphatic heterocycles. The number of aliphatic hydroxyl groups excluding tert-OH is 1. The molecular formula is C13H18N2O6. The van der Waals surface area contributed by atoms with E-state index < -0.39 is 17.0 Å². The molecule has 1 unspecified atom stereocenters. The molecule has 0 radical (unpaired) electrons. The fraction of sp³-hybridized carbons (Fsp3) is 0.462. The van der Waals surface area contributed by atoms with Crippen LogP contribution < -0.4 is 4.90 Å². The molecule has 0 amide bonds. The van der Waals surface area contributed by atoms with Crippen LogP contribution in [0.1, 0.15) is 15.9 Å². The Morgan fingerprint density at radius 1 is 1.52 bits per heavy atom. The number of anilines is 1. The highest BCUT2D eigenvalue weighted by Gasteiger charge is 2.21. The van der Waals surface area contributed by atoms with Crippen molar-refractivity contribution in [1.82, 2.24) is 0 Å². The number of ether oxygens (including phenoxy) is 1. The van der Waals surface area contributed by atoms with Gasteiger partial charge in [0, 0.05) is 32.5 Å². The van der Waals surface area contributed by atoms with Crippen LogP contribution in [0.15, 0.2) is 12.1 Å². The van der Waals surface area contributed by atoms with Crippen molar-refractivity contribution in [2.24, 2.45) is 0 Å². The third kappa shape index (κ3) is 4.14. The molecule has 0 aliphatic rings. The largest absolute Gasteiger partial charge is 0.478 e. The highest BCUT2D eigenvalue weighted by atomic mass is 16.6. The zero-order valence-electron chi connectivity index (χ0n) is 12.1. The van der Waals surface area contributed by atoms with Gasteiger partial charge < -0.3 is 19.8 Å². The van der Waals surface area contributed by atoms with Crippen molar-refractivity contribution in [1.29, 1.82) is 0 Å². The van der Waals surface area contributed by atoms with Gasteiger partial charge >= 0.3 is 5.97 Å². The summed E-state index contributed by atoms with van der Waals surface area (Å²) >= 11 is 0. The summed E-state index contributed by atoms with van der Waals surface area (Å²) in [6.07, 6.45) is -0.785. The third-order valence-corrected chi connectivity index (χ3v) is 3.05. The van der Waals surface area contributed by atoms with E-state index in [1.807, 2.05) is 0 Å². The average molecular weight is 298 g/mol. The maximum atomic E-state index is 11.1. The van der Waals surface area contributed by atoms with Gasteiger partial charge in [-0.05, 0) is 13.0 Å². The zero-order chi connectivity index (χ0) is 16.2. The predicted octanol–water partition coefficient (Wildman–Crippen LogP) is 1.04. The van der Waals surface area contributed by atoms with Gasteiger partial charge in [0.05, 0.1) is 28.8 Å². The van der Waals surface area contributed by atoms with E-state index in [1.165, 1.54) is 20.1 Å². The summed E-state index contributed by atoms with van der Waals surface area (Å²) in [5.41, 5.74) is 0.294. The average Bonchev–Trinajstić information content (AvgIpc) is 2.38. The number of nitro groups is 1. The molecule has 0 saturated carbocycles. The standard InChI is InChI=1S/C13H18N2O6/c1-8-11(14(2)6-10(16)7-21-3)4-9(13(17)18)5-12(8)15(19)20/h4-5,10,16H,6-7H2,1-3H3,(H,17,18). The number of rotatable bonds is 7. The van der Waals surface area contributed by atoms with E-state index in [1.54, 1.807) is 11.9 Å². The Morgan fingerprint density at radius 3 is 2.62 bits per heavy atom. The summed E-state index contributed by atoms with van der Waals surface area (Å²) in [6.45, 7) is 1.82. The van der Waals surface area contributed by atoms with Crippen molar-refractivity contribution in [3.8, 4) is 0 Å². The lowest BCUT2D eigenvalue weighted by molar-refractivity contribution is -0.385. The fourth-order valence-corrected chi connectivity index (χ4v) is 2.05. The Bertz CT molecular complexity index is 546. The van der Waals surface area contributed by atoms with Crippen LogP contribution in [0.4, 0.5) is 11.4 Å². The van der Waals surface area contributed by atoms with Crippen LogP contribution in [-0.2, 0) is 4.74 Å². The second-order valence-corrected chi connectivity index (χ2v) is 4.69. The molecule has 21 heavy (non-hydrogen) atoms. The maximum absolute atomic E-state index is 11.1. The summed E-state index contributed by atoms with van der Waals surface area (Å²) in [7, 11) is 3.07. The second-order valence-electron chi connectivity index (χ2n) is 4.69. The Balaban J connectivity index is 3.21. The SMILES string of the molecule is COCC(O)CN(C)c1cc(C(=O)O)cc([N+](=O)[O-])c1C. The Hall–Kier alpha value is -2.19. The van der Waals surface area contributed by atoms with Crippen molar-refractivity contribution in [2.45, 2.75) is 13.0 Å². The lowest BCUT2D eigenvalue weighted by Crippen LogP contribution is -2.32. The predicted molar refractivity (Wildman–Crippen MR) is 75.9 cm³/mol. The fourth-order valence-electron chi connectivity index (χ4n) is 2.05. The second kappa shape index (κ2) is 7.00. The lowest BCUT2D eigenvalue weighted by atomic mass is 10.1. The van der Waals surface area contributed by atoms with E-state index >= 15 is 0 Å². The van der Waals surface area contributed by atoms with Gasteiger partial charge in [0.2, 0.25) is 0 Å². The number of methoxy groups -OCH3 is 1. The number of carboxylic acid groups (broad SMARTS) is 1. The number of aliphatic hydroxyl groups is 1. The lowest BCUT2D eigenvalue weighted by Gasteiger charge is -2.24. The number of hydrogen-bond acceptors (Lipinski definition) is 6. The van der Waals surface area contributed by atoms with Gasteiger partial charge in [-0.1, -0.05) is 0 Å². The van der Waals surface area contributed by atoms with Gasteiger partial charge in [0.25, 0.3) is 5.69 Å². The number of likely N-dealkylation sites (N-methyl/N-ethyl adjacent to an activating group) is 1. The van der Waals surface area contributed by atoms with Crippen LogP contribution >= 0.6 is 0 Å². The molecule has 8 nitrogen and oxygen atoms in total. The van der Waals surface area contributed by atoms with Gasteiger partial charge in [-0.25, -0.2) is 4.79 Å². The molecule has 1 aromatic rings. The first-order chi connectivity index (χ1) is 9.77. The molecule has 1 rings (SSSR count).